The number of para-hydroxylation sites is 1. The molecule has 0 saturated heterocycles. The van der Waals surface area contributed by atoms with Crippen molar-refractivity contribution in [2.24, 2.45) is 0 Å². The monoisotopic (exact) mass is 700 g/mol. The van der Waals surface area contributed by atoms with Crippen molar-refractivity contribution in [2.75, 3.05) is 0 Å². The molecule has 0 aliphatic carbocycles. The van der Waals surface area contributed by atoms with Crippen LogP contribution >= 0.6 is 0 Å². The van der Waals surface area contributed by atoms with Gasteiger partial charge in [0.2, 0.25) is 23.0 Å². The second kappa shape index (κ2) is 11.5. The molecule has 0 aliphatic rings. The molecule has 0 unspecified atom stereocenters. The SMILES string of the molecule is Oc1c(O)c(O)c2c(-c3cccc(-c4ccccc4)c3)c3c(O)c(O)c(O)c(O)c3c(-c3ccc(-c4ccc5oc6ccccc6c5c4)cc3)c2c1O. The van der Waals surface area contributed by atoms with Crippen molar-refractivity contribution in [3.63, 3.8) is 0 Å². The number of hydrogen-bond donors (Lipinski definition) is 8. The Morgan fingerprint density at radius 3 is 1.30 bits per heavy atom. The molecule has 9 aromatic rings. The summed E-state index contributed by atoms with van der Waals surface area (Å²) in [7, 11) is 0. The van der Waals surface area contributed by atoms with Crippen LogP contribution in [0, 0.1) is 0 Å². The van der Waals surface area contributed by atoms with E-state index >= 15 is 0 Å². The number of phenolic OH excluding ortho intramolecular Hbond substituents is 8. The third-order valence-corrected chi connectivity index (χ3v) is 9.94. The molecule has 9 nitrogen and oxygen atoms in total. The summed E-state index contributed by atoms with van der Waals surface area (Å²) in [5.74, 6) is -7.42. The number of fused-ring (bicyclic) bond motifs is 5. The average Bonchev–Trinajstić information content (AvgIpc) is 3.58. The largest absolute Gasteiger partial charge is 0.504 e. The first-order valence-corrected chi connectivity index (χ1v) is 16.6. The standard InChI is InChI=1S/C44H28O9/c45-37-33-31(23-15-13-22(14-16-23)25-17-18-30-28(20-25)27-11-4-5-12-29(27)53-30)34-36(40(48)44(52)42(50)38(34)46)32(35(33)39(47)43(51)41(37)49)26-10-6-9-24(19-26)21-7-2-1-3-8-21/h1-20,45-52H. The first-order chi connectivity index (χ1) is 25.6. The molecule has 8 aromatic carbocycles. The first kappa shape index (κ1) is 31.5. The number of phenols is 8. The lowest BCUT2D eigenvalue weighted by Gasteiger charge is -2.22. The second-order valence-electron chi connectivity index (χ2n) is 12.9. The Morgan fingerprint density at radius 1 is 0.283 bits per heavy atom. The predicted octanol–water partition coefficient (Wildman–Crippen LogP) is 10.2. The molecule has 53 heavy (non-hydrogen) atoms. The summed E-state index contributed by atoms with van der Waals surface area (Å²) in [5, 5.41) is 90.8. The van der Waals surface area contributed by atoms with E-state index in [1.54, 1.807) is 42.5 Å². The van der Waals surface area contributed by atoms with Crippen molar-refractivity contribution in [2.45, 2.75) is 0 Å². The number of aromatic hydroxyl groups is 8. The maximum Gasteiger partial charge on any atom is 0.204 e. The summed E-state index contributed by atoms with van der Waals surface area (Å²) in [6.45, 7) is 0. The van der Waals surface area contributed by atoms with Gasteiger partial charge in [0.1, 0.15) is 11.2 Å². The third-order valence-electron chi connectivity index (χ3n) is 9.94. The molecule has 0 fully saturated rings. The molecule has 0 atom stereocenters. The summed E-state index contributed by atoms with van der Waals surface area (Å²) in [4.78, 5) is 0. The summed E-state index contributed by atoms with van der Waals surface area (Å²) in [6, 6.07) is 36.8. The van der Waals surface area contributed by atoms with E-state index in [2.05, 4.69) is 0 Å². The van der Waals surface area contributed by atoms with Gasteiger partial charge in [-0.1, -0.05) is 97.1 Å². The molecule has 9 heteroatoms. The molecule has 0 spiro atoms. The minimum Gasteiger partial charge on any atom is -0.504 e. The van der Waals surface area contributed by atoms with Gasteiger partial charge in [0.05, 0.1) is 0 Å². The van der Waals surface area contributed by atoms with E-state index in [0.717, 1.165) is 44.2 Å². The maximum atomic E-state index is 11.6. The van der Waals surface area contributed by atoms with Crippen LogP contribution in [-0.2, 0) is 0 Å². The Morgan fingerprint density at radius 2 is 0.698 bits per heavy atom. The lowest BCUT2D eigenvalue weighted by Crippen LogP contribution is -1.95. The van der Waals surface area contributed by atoms with Crippen molar-refractivity contribution < 1.29 is 45.3 Å². The zero-order chi connectivity index (χ0) is 36.7. The van der Waals surface area contributed by atoms with E-state index in [1.807, 2.05) is 78.9 Å². The van der Waals surface area contributed by atoms with Crippen molar-refractivity contribution in [3.05, 3.63) is 121 Å². The summed E-state index contributed by atoms with van der Waals surface area (Å²) in [5.41, 5.74) is 5.34. The van der Waals surface area contributed by atoms with Crippen LogP contribution in [-0.4, -0.2) is 40.9 Å². The van der Waals surface area contributed by atoms with Crippen LogP contribution in [0.3, 0.4) is 0 Å². The quantitative estimate of drug-likeness (QED) is 0.0504. The van der Waals surface area contributed by atoms with Crippen molar-refractivity contribution in [1.82, 2.24) is 0 Å². The van der Waals surface area contributed by atoms with E-state index in [9.17, 15) is 40.9 Å². The van der Waals surface area contributed by atoms with Crippen LogP contribution in [0.5, 0.6) is 46.0 Å². The highest BCUT2D eigenvalue weighted by Gasteiger charge is 2.32. The minimum absolute atomic E-state index is 0.0139. The van der Waals surface area contributed by atoms with Gasteiger partial charge in [-0.05, 0) is 57.6 Å². The molecule has 0 saturated carbocycles. The van der Waals surface area contributed by atoms with E-state index in [-0.39, 0.29) is 32.7 Å². The van der Waals surface area contributed by atoms with Crippen LogP contribution in [0.25, 0.3) is 88.0 Å². The Hall–Kier alpha value is -7.52. The number of rotatable bonds is 4. The van der Waals surface area contributed by atoms with E-state index in [1.165, 1.54) is 0 Å². The molecule has 0 bridgehead atoms. The summed E-state index contributed by atoms with van der Waals surface area (Å²) >= 11 is 0. The smallest absolute Gasteiger partial charge is 0.204 e. The van der Waals surface area contributed by atoms with Gasteiger partial charge >= 0.3 is 0 Å². The number of furan rings is 1. The van der Waals surface area contributed by atoms with E-state index in [0.29, 0.717) is 11.1 Å². The highest BCUT2D eigenvalue weighted by molar-refractivity contribution is 6.29. The zero-order valence-electron chi connectivity index (χ0n) is 27.5. The normalized spacial score (nSPS) is 11.6. The fraction of sp³-hybridized carbons (Fsp3) is 0. The second-order valence-corrected chi connectivity index (χ2v) is 12.9. The van der Waals surface area contributed by atoms with Gasteiger partial charge in [0, 0.05) is 43.4 Å². The van der Waals surface area contributed by atoms with Crippen LogP contribution < -0.4 is 0 Å². The molecule has 0 amide bonds. The average molecular weight is 701 g/mol. The highest BCUT2D eigenvalue weighted by atomic mass is 16.4. The van der Waals surface area contributed by atoms with Gasteiger partial charge in [0.15, 0.2) is 23.0 Å². The van der Waals surface area contributed by atoms with E-state index < -0.39 is 46.0 Å². The van der Waals surface area contributed by atoms with Crippen molar-refractivity contribution in [3.8, 4) is 90.5 Å². The Labute approximate surface area is 300 Å². The molecular weight excluding hydrogens is 672 g/mol. The summed E-state index contributed by atoms with van der Waals surface area (Å²) < 4.78 is 5.99. The number of hydrogen-bond acceptors (Lipinski definition) is 9. The van der Waals surface area contributed by atoms with E-state index in [4.69, 9.17) is 4.42 Å². The lowest BCUT2D eigenvalue weighted by molar-refractivity contribution is 0.350. The van der Waals surface area contributed by atoms with Crippen LogP contribution in [0.4, 0.5) is 0 Å². The summed E-state index contributed by atoms with van der Waals surface area (Å²) in [6.07, 6.45) is 0. The Kier molecular flexibility index (Phi) is 6.83. The molecule has 0 aliphatic heterocycles. The van der Waals surface area contributed by atoms with Gasteiger partial charge in [-0.15, -0.1) is 0 Å². The third kappa shape index (κ3) is 4.57. The van der Waals surface area contributed by atoms with Gasteiger partial charge in [0.25, 0.3) is 0 Å². The molecule has 0 radical (unpaired) electrons. The van der Waals surface area contributed by atoms with Gasteiger partial charge in [-0.25, -0.2) is 0 Å². The molecule has 9 rings (SSSR count). The molecule has 1 aromatic heterocycles. The maximum absolute atomic E-state index is 11.6. The topological polar surface area (TPSA) is 175 Å². The van der Waals surface area contributed by atoms with Crippen molar-refractivity contribution >= 4 is 43.5 Å². The fourth-order valence-corrected chi connectivity index (χ4v) is 7.42. The molecule has 1 heterocycles. The van der Waals surface area contributed by atoms with Crippen molar-refractivity contribution in [1.29, 1.82) is 0 Å². The van der Waals surface area contributed by atoms with Crippen LogP contribution in [0.15, 0.2) is 126 Å². The van der Waals surface area contributed by atoms with Crippen LogP contribution in [0.2, 0.25) is 0 Å². The molecule has 8 N–H and O–H groups in total. The molecular formula is C44H28O9. The Balaban J connectivity index is 1.36. The predicted molar refractivity (Wildman–Crippen MR) is 204 cm³/mol. The highest BCUT2D eigenvalue weighted by Crippen LogP contribution is 2.62. The lowest BCUT2D eigenvalue weighted by atomic mass is 9.83. The first-order valence-electron chi connectivity index (χ1n) is 16.6. The zero-order valence-corrected chi connectivity index (χ0v) is 27.5. The van der Waals surface area contributed by atoms with Gasteiger partial charge in [-0.3, -0.25) is 0 Å². The Bertz CT molecular complexity index is 2880. The van der Waals surface area contributed by atoms with Crippen LogP contribution in [0.1, 0.15) is 0 Å². The molecule has 258 valence electrons. The minimum atomic E-state index is -1.02. The van der Waals surface area contributed by atoms with Gasteiger partial charge < -0.3 is 45.3 Å². The fourth-order valence-electron chi connectivity index (χ4n) is 7.42. The van der Waals surface area contributed by atoms with Gasteiger partial charge in [-0.2, -0.15) is 0 Å². The number of benzene rings is 8.